The van der Waals surface area contributed by atoms with Gasteiger partial charge in [-0.1, -0.05) is 0 Å². The second-order valence-electron chi connectivity index (χ2n) is 3.62. The summed E-state index contributed by atoms with van der Waals surface area (Å²) in [7, 11) is -3.65. The van der Waals surface area contributed by atoms with Crippen LogP contribution in [0.1, 0.15) is 6.42 Å². The molecule has 1 atom stereocenters. The SMILES string of the molecule is NS(=O)(=O)C1CC(=O)N(c2ccncc2)C1. The van der Waals surface area contributed by atoms with E-state index in [-0.39, 0.29) is 18.9 Å². The van der Waals surface area contributed by atoms with Crippen molar-refractivity contribution >= 4 is 21.6 Å². The molecule has 0 spiro atoms. The predicted octanol–water partition coefficient (Wildman–Crippen LogP) is -0.525. The van der Waals surface area contributed by atoms with Gasteiger partial charge in [0.1, 0.15) is 5.25 Å². The molecular weight excluding hydrogens is 230 g/mol. The number of anilines is 1. The van der Waals surface area contributed by atoms with E-state index in [9.17, 15) is 13.2 Å². The van der Waals surface area contributed by atoms with Crippen molar-refractivity contribution in [2.45, 2.75) is 11.7 Å². The standard InChI is InChI=1S/C9H11N3O3S/c10-16(14,15)8-5-9(13)12(6-8)7-1-3-11-4-2-7/h1-4,8H,5-6H2,(H2,10,14,15). The minimum Gasteiger partial charge on any atom is -0.311 e. The van der Waals surface area contributed by atoms with Gasteiger partial charge < -0.3 is 4.90 Å². The summed E-state index contributed by atoms with van der Waals surface area (Å²) in [5.74, 6) is -0.231. The van der Waals surface area contributed by atoms with E-state index >= 15 is 0 Å². The van der Waals surface area contributed by atoms with Crippen LogP contribution in [-0.2, 0) is 14.8 Å². The van der Waals surface area contributed by atoms with Crippen LogP contribution in [0.3, 0.4) is 0 Å². The molecule has 0 saturated carbocycles. The van der Waals surface area contributed by atoms with Crippen LogP contribution in [0.15, 0.2) is 24.5 Å². The molecular formula is C9H11N3O3S. The Morgan fingerprint density at radius 3 is 2.50 bits per heavy atom. The zero-order valence-electron chi connectivity index (χ0n) is 8.41. The molecule has 2 rings (SSSR count). The van der Waals surface area contributed by atoms with Crippen molar-refractivity contribution in [2.24, 2.45) is 5.14 Å². The fraction of sp³-hybridized carbons (Fsp3) is 0.333. The molecule has 86 valence electrons. The summed E-state index contributed by atoms with van der Waals surface area (Å²) in [6.45, 7) is 0.113. The third-order valence-corrected chi connectivity index (χ3v) is 3.77. The first kappa shape index (κ1) is 11.0. The Hall–Kier alpha value is -1.47. The van der Waals surface area contributed by atoms with Crippen molar-refractivity contribution in [2.75, 3.05) is 11.4 Å². The molecule has 0 radical (unpaired) electrons. The summed E-state index contributed by atoms with van der Waals surface area (Å²) in [5.41, 5.74) is 0.645. The van der Waals surface area contributed by atoms with Crippen LogP contribution in [0.25, 0.3) is 0 Å². The average molecular weight is 241 g/mol. The Kier molecular flexibility index (Phi) is 2.64. The first-order valence-corrected chi connectivity index (χ1v) is 6.31. The van der Waals surface area contributed by atoms with Gasteiger partial charge in [-0.05, 0) is 12.1 Å². The largest absolute Gasteiger partial charge is 0.311 e. The van der Waals surface area contributed by atoms with Gasteiger partial charge in [0, 0.05) is 31.0 Å². The minimum absolute atomic E-state index is 0.0544. The summed E-state index contributed by atoms with van der Waals surface area (Å²) in [6.07, 6.45) is 3.04. The highest BCUT2D eigenvalue weighted by molar-refractivity contribution is 7.89. The second kappa shape index (κ2) is 3.84. The van der Waals surface area contributed by atoms with Crippen LogP contribution in [0.4, 0.5) is 5.69 Å². The fourth-order valence-corrected chi connectivity index (χ4v) is 2.40. The van der Waals surface area contributed by atoms with E-state index < -0.39 is 15.3 Å². The summed E-state index contributed by atoms with van der Waals surface area (Å²) >= 11 is 0. The van der Waals surface area contributed by atoms with Gasteiger partial charge in [-0.25, -0.2) is 13.6 Å². The third kappa shape index (κ3) is 2.05. The molecule has 1 aliphatic rings. The lowest BCUT2D eigenvalue weighted by Gasteiger charge is -2.15. The van der Waals surface area contributed by atoms with Gasteiger partial charge in [-0.3, -0.25) is 9.78 Å². The Balaban J connectivity index is 2.25. The number of aromatic nitrogens is 1. The molecule has 7 heteroatoms. The summed E-state index contributed by atoms with van der Waals surface area (Å²) < 4.78 is 22.3. The Morgan fingerprint density at radius 2 is 2.00 bits per heavy atom. The monoisotopic (exact) mass is 241 g/mol. The van der Waals surface area contributed by atoms with Crippen molar-refractivity contribution in [1.29, 1.82) is 0 Å². The Labute approximate surface area is 93.1 Å². The maximum Gasteiger partial charge on any atom is 0.228 e. The molecule has 0 bridgehead atoms. The number of rotatable bonds is 2. The van der Waals surface area contributed by atoms with Gasteiger partial charge in [-0.15, -0.1) is 0 Å². The normalized spacial score (nSPS) is 21.4. The molecule has 2 N–H and O–H groups in total. The van der Waals surface area contributed by atoms with Gasteiger partial charge in [-0.2, -0.15) is 0 Å². The predicted molar refractivity (Wildman–Crippen MR) is 58.1 cm³/mol. The van der Waals surface area contributed by atoms with E-state index in [1.54, 1.807) is 24.5 Å². The number of carbonyl (C=O) groups excluding carboxylic acids is 1. The first-order chi connectivity index (χ1) is 7.48. The lowest BCUT2D eigenvalue weighted by atomic mass is 10.4. The summed E-state index contributed by atoms with van der Waals surface area (Å²) in [5, 5.41) is 4.21. The lowest BCUT2D eigenvalue weighted by Crippen LogP contribution is -2.32. The van der Waals surface area contributed by atoms with Crippen LogP contribution in [0, 0.1) is 0 Å². The smallest absolute Gasteiger partial charge is 0.228 e. The molecule has 0 aromatic carbocycles. The maximum atomic E-state index is 11.6. The van der Waals surface area contributed by atoms with Gasteiger partial charge in [0.15, 0.2) is 0 Å². The molecule has 16 heavy (non-hydrogen) atoms. The van der Waals surface area contributed by atoms with Gasteiger partial charge in [0.25, 0.3) is 0 Å². The number of carbonyl (C=O) groups is 1. The Bertz CT molecular complexity index is 500. The Morgan fingerprint density at radius 1 is 1.38 bits per heavy atom. The van der Waals surface area contributed by atoms with Crippen LogP contribution in [0.5, 0.6) is 0 Å². The third-order valence-electron chi connectivity index (χ3n) is 2.53. The highest BCUT2D eigenvalue weighted by atomic mass is 32.2. The van der Waals surface area contributed by atoms with Gasteiger partial charge in [0.05, 0.1) is 0 Å². The molecule has 1 aromatic heterocycles. The quantitative estimate of drug-likeness (QED) is 0.753. The number of sulfonamides is 1. The molecule has 1 aromatic rings. The molecule has 1 unspecified atom stereocenters. The summed E-state index contributed by atoms with van der Waals surface area (Å²) in [6, 6.07) is 3.31. The van der Waals surface area contributed by atoms with E-state index in [0.717, 1.165) is 0 Å². The molecule has 1 saturated heterocycles. The van der Waals surface area contributed by atoms with Gasteiger partial charge >= 0.3 is 0 Å². The van der Waals surface area contributed by atoms with Crippen molar-refractivity contribution < 1.29 is 13.2 Å². The highest BCUT2D eigenvalue weighted by Gasteiger charge is 2.36. The van der Waals surface area contributed by atoms with E-state index in [2.05, 4.69) is 4.98 Å². The first-order valence-electron chi connectivity index (χ1n) is 4.70. The molecule has 6 nitrogen and oxygen atoms in total. The van der Waals surface area contributed by atoms with E-state index in [1.165, 1.54) is 4.90 Å². The van der Waals surface area contributed by atoms with Crippen molar-refractivity contribution in [1.82, 2.24) is 4.98 Å². The number of nitrogens with zero attached hydrogens (tertiary/aromatic N) is 2. The number of hydrogen-bond acceptors (Lipinski definition) is 4. The van der Waals surface area contributed by atoms with Crippen molar-refractivity contribution in [3.8, 4) is 0 Å². The fourth-order valence-electron chi connectivity index (χ4n) is 1.67. The maximum absolute atomic E-state index is 11.6. The molecule has 1 fully saturated rings. The molecule has 1 aliphatic heterocycles. The van der Waals surface area contributed by atoms with E-state index in [0.29, 0.717) is 5.69 Å². The van der Waals surface area contributed by atoms with Crippen LogP contribution in [0.2, 0.25) is 0 Å². The summed E-state index contributed by atoms with van der Waals surface area (Å²) in [4.78, 5) is 16.9. The van der Waals surface area contributed by atoms with Crippen LogP contribution >= 0.6 is 0 Å². The van der Waals surface area contributed by atoms with Crippen LogP contribution in [-0.4, -0.2) is 31.1 Å². The van der Waals surface area contributed by atoms with Crippen molar-refractivity contribution in [3.63, 3.8) is 0 Å². The highest BCUT2D eigenvalue weighted by Crippen LogP contribution is 2.23. The molecule has 0 aliphatic carbocycles. The average Bonchev–Trinajstić information content (AvgIpc) is 2.61. The van der Waals surface area contributed by atoms with E-state index in [1.807, 2.05) is 0 Å². The number of nitrogens with two attached hydrogens (primary N) is 1. The number of pyridine rings is 1. The van der Waals surface area contributed by atoms with Crippen LogP contribution < -0.4 is 10.0 Å². The zero-order chi connectivity index (χ0) is 11.8. The van der Waals surface area contributed by atoms with Crippen molar-refractivity contribution in [3.05, 3.63) is 24.5 Å². The number of amides is 1. The second-order valence-corrected chi connectivity index (χ2v) is 5.47. The van der Waals surface area contributed by atoms with E-state index in [4.69, 9.17) is 5.14 Å². The number of primary sulfonamides is 1. The topological polar surface area (TPSA) is 93.4 Å². The molecule has 1 amide bonds. The minimum atomic E-state index is -3.65. The zero-order valence-corrected chi connectivity index (χ0v) is 9.22. The lowest BCUT2D eigenvalue weighted by molar-refractivity contribution is -0.117. The molecule has 2 heterocycles. The van der Waals surface area contributed by atoms with Gasteiger partial charge in [0.2, 0.25) is 15.9 Å². The number of hydrogen-bond donors (Lipinski definition) is 1.